The largest absolute Gasteiger partial charge is 0.459 e. The number of ether oxygens (including phenoxy) is 1. The van der Waals surface area contributed by atoms with Gasteiger partial charge in [-0.25, -0.2) is 4.79 Å². The molecule has 1 amide bonds. The molecule has 0 aliphatic heterocycles. The monoisotopic (exact) mass is 146 g/mol. The van der Waals surface area contributed by atoms with Gasteiger partial charge in [0.2, 0.25) is 0 Å². The standard InChI is InChI=1S/C5H10N2O3/c1-2-10-5(9)4(8)7-3-6/h2-3,6H2,1H3,(H,7,8). The highest BCUT2D eigenvalue weighted by molar-refractivity contribution is 6.32. The highest BCUT2D eigenvalue weighted by atomic mass is 16.5. The van der Waals surface area contributed by atoms with Gasteiger partial charge in [-0.3, -0.25) is 4.79 Å². The summed E-state index contributed by atoms with van der Waals surface area (Å²) >= 11 is 0. The minimum Gasteiger partial charge on any atom is -0.459 e. The van der Waals surface area contributed by atoms with Crippen LogP contribution in [0.1, 0.15) is 6.92 Å². The molecule has 0 aromatic heterocycles. The number of nitrogens with one attached hydrogen (secondary N) is 1. The van der Waals surface area contributed by atoms with E-state index >= 15 is 0 Å². The molecular weight excluding hydrogens is 136 g/mol. The Hall–Kier alpha value is -1.10. The van der Waals surface area contributed by atoms with Crippen LogP contribution in [0.25, 0.3) is 0 Å². The lowest BCUT2D eigenvalue weighted by molar-refractivity contribution is -0.154. The molecule has 0 saturated heterocycles. The second-order valence-electron chi connectivity index (χ2n) is 1.43. The lowest BCUT2D eigenvalue weighted by Gasteiger charge is -1.99. The number of hydrogen-bond acceptors (Lipinski definition) is 4. The minimum absolute atomic E-state index is 0.0579. The number of hydrogen-bond donors (Lipinski definition) is 2. The summed E-state index contributed by atoms with van der Waals surface area (Å²) in [5.41, 5.74) is 4.92. The van der Waals surface area contributed by atoms with Crippen molar-refractivity contribution in [2.45, 2.75) is 6.92 Å². The van der Waals surface area contributed by atoms with E-state index in [1.165, 1.54) is 0 Å². The predicted octanol–water partition coefficient (Wildman–Crippen LogP) is -1.42. The molecule has 0 bridgehead atoms. The highest BCUT2D eigenvalue weighted by Gasteiger charge is 2.11. The first-order chi connectivity index (χ1) is 4.72. The molecule has 0 atom stereocenters. The van der Waals surface area contributed by atoms with E-state index in [2.05, 4.69) is 10.1 Å². The van der Waals surface area contributed by atoms with Crippen molar-refractivity contribution < 1.29 is 14.3 Å². The van der Waals surface area contributed by atoms with Crippen LogP contribution < -0.4 is 11.1 Å². The van der Waals surface area contributed by atoms with Crippen molar-refractivity contribution in [1.29, 1.82) is 0 Å². The Morgan fingerprint density at radius 2 is 2.20 bits per heavy atom. The highest BCUT2D eigenvalue weighted by Crippen LogP contribution is 1.75. The predicted molar refractivity (Wildman–Crippen MR) is 33.8 cm³/mol. The summed E-state index contributed by atoms with van der Waals surface area (Å²) in [6.45, 7) is 1.75. The van der Waals surface area contributed by atoms with Crippen LogP contribution in [0.3, 0.4) is 0 Å². The quantitative estimate of drug-likeness (QED) is 0.284. The molecule has 0 radical (unpaired) electrons. The van der Waals surface area contributed by atoms with Crippen LogP contribution in [0.5, 0.6) is 0 Å². The van der Waals surface area contributed by atoms with Crippen LogP contribution in [0.4, 0.5) is 0 Å². The fourth-order valence-electron chi connectivity index (χ4n) is 0.362. The van der Waals surface area contributed by atoms with Gasteiger partial charge in [0.1, 0.15) is 0 Å². The van der Waals surface area contributed by atoms with Gasteiger partial charge in [0, 0.05) is 0 Å². The third-order valence-corrected chi connectivity index (χ3v) is 0.723. The maximum absolute atomic E-state index is 10.5. The van der Waals surface area contributed by atoms with E-state index in [0.717, 1.165) is 0 Å². The van der Waals surface area contributed by atoms with Crippen LogP contribution >= 0.6 is 0 Å². The topological polar surface area (TPSA) is 81.4 Å². The zero-order chi connectivity index (χ0) is 7.98. The Labute approximate surface area is 58.5 Å². The maximum Gasteiger partial charge on any atom is 0.396 e. The third kappa shape index (κ3) is 3.03. The molecule has 5 nitrogen and oxygen atoms in total. The van der Waals surface area contributed by atoms with E-state index in [1.54, 1.807) is 6.92 Å². The first-order valence-corrected chi connectivity index (χ1v) is 2.87. The molecule has 0 fully saturated rings. The van der Waals surface area contributed by atoms with E-state index in [1.807, 2.05) is 0 Å². The molecular formula is C5H10N2O3. The summed E-state index contributed by atoms with van der Waals surface area (Å²) in [4.78, 5) is 20.9. The zero-order valence-electron chi connectivity index (χ0n) is 5.72. The molecule has 0 saturated carbocycles. The Balaban J connectivity index is 3.60. The van der Waals surface area contributed by atoms with Gasteiger partial charge in [0.25, 0.3) is 0 Å². The molecule has 0 spiro atoms. The molecule has 0 aromatic rings. The van der Waals surface area contributed by atoms with E-state index < -0.39 is 11.9 Å². The summed E-state index contributed by atoms with van der Waals surface area (Å²) in [6, 6.07) is 0. The minimum atomic E-state index is -0.895. The van der Waals surface area contributed by atoms with Crippen molar-refractivity contribution in [3.05, 3.63) is 0 Å². The molecule has 0 aromatic carbocycles. The Bertz CT molecular complexity index is 119. The lowest BCUT2D eigenvalue weighted by Crippen LogP contribution is -2.36. The Morgan fingerprint density at radius 3 is 2.60 bits per heavy atom. The first-order valence-electron chi connectivity index (χ1n) is 2.87. The lowest BCUT2D eigenvalue weighted by atomic mass is 10.6. The fraction of sp³-hybridized carbons (Fsp3) is 0.600. The summed E-state index contributed by atoms with van der Waals surface area (Å²) < 4.78 is 4.35. The van der Waals surface area contributed by atoms with Crippen molar-refractivity contribution in [2.24, 2.45) is 5.73 Å². The van der Waals surface area contributed by atoms with Crippen molar-refractivity contribution in [3.63, 3.8) is 0 Å². The molecule has 10 heavy (non-hydrogen) atoms. The molecule has 5 heteroatoms. The van der Waals surface area contributed by atoms with E-state index in [0.29, 0.717) is 0 Å². The number of carbonyl (C=O) groups excluding carboxylic acids is 2. The zero-order valence-corrected chi connectivity index (χ0v) is 5.72. The average molecular weight is 146 g/mol. The second-order valence-corrected chi connectivity index (χ2v) is 1.43. The molecule has 0 aliphatic rings. The average Bonchev–Trinajstić information content (AvgIpc) is 1.89. The van der Waals surface area contributed by atoms with Gasteiger partial charge in [0.05, 0.1) is 13.3 Å². The van der Waals surface area contributed by atoms with Gasteiger partial charge < -0.3 is 15.8 Å². The molecule has 0 rings (SSSR count). The van der Waals surface area contributed by atoms with Crippen LogP contribution in [-0.2, 0) is 14.3 Å². The van der Waals surface area contributed by atoms with Crippen LogP contribution in [-0.4, -0.2) is 25.2 Å². The number of rotatable bonds is 2. The maximum atomic E-state index is 10.5. The van der Waals surface area contributed by atoms with Crippen LogP contribution in [0.15, 0.2) is 0 Å². The molecule has 3 N–H and O–H groups in total. The summed E-state index contributed by atoms with van der Waals surface area (Å²) in [7, 11) is 0. The first kappa shape index (κ1) is 8.90. The Morgan fingerprint density at radius 1 is 1.60 bits per heavy atom. The van der Waals surface area contributed by atoms with E-state index in [-0.39, 0.29) is 13.3 Å². The van der Waals surface area contributed by atoms with Gasteiger partial charge in [-0.05, 0) is 6.92 Å². The normalized spacial score (nSPS) is 8.60. The van der Waals surface area contributed by atoms with Crippen molar-refractivity contribution in [2.75, 3.05) is 13.3 Å². The van der Waals surface area contributed by atoms with Crippen LogP contribution in [0, 0.1) is 0 Å². The number of esters is 1. The molecule has 58 valence electrons. The third-order valence-electron chi connectivity index (χ3n) is 0.723. The molecule has 0 heterocycles. The number of amides is 1. The van der Waals surface area contributed by atoms with Gasteiger partial charge in [-0.15, -0.1) is 0 Å². The SMILES string of the molecule is CCOC(=O)C(=O)NCN. The van der Waals surface area contributed by atoms with Crippen molar-refractivity contribution in [1.82, 2.24) is 5.32 Å². The van der Waals surface area contributed by atoms with Crippen molar-refractivity contribution in [3.8, 4) is 0 Å². The second kappa shape index (κ2) is 4.75. The number of carbonyl (C=O) groups is 2. The number of nitrogens with two attached hydrogens (primary N) is 1. The Kier molecular flexibility index (Phi) is 4.23. The molecule has 0 unspecified atom stereocenters. The summed E-state index contributed by atoms with van der Waals surface area (Å²) in [5, 5.41) is 2.09. The summed E-state index contributed by atoms with van der Waals surface area (Å²) in [6.07, 6.45) is 0. The van der Waals surface area contributed by atoms with E-state index in [4.69, 9.17) is 5.73 Å². The molecule has 0 aliphatic carbocycles. The van der Waals surface area contributed by atoms with Gasteiger partial charge in [0.15, 0.2) is 0 Å². The van der Waals surface area contributed by atoms with Crippen molar-refractivity contribution >= 4 is 11.9 Å². The van der Waals surface area contributed by atoms with Gasteiger partial charge in [-0.1, -0.05) is 0 Å². The van der Waals surface area contributed by atoms with E-state index in [9.17, 15) is 9.59 Å². The smallest absolute Gasteiger partial charge is 0.396 e. The van der Waals surface area contributed by atoms with Crippen LogP contribution in [0.2, 0.25) is 0 Å². The van der Waals surface area contributed by atoms with Gasteiger partial charge in [-0.2, -0.15) is 0 Å². The van der Waals surface area contributed by atoms with Gasteiger partial charge >= 0.3 is 11.9 Å². The fourth-order valence-corrected chi connectivity index (χ4v) is 0.362. The summed E-state index contributed by atoms with van der Waals surface area (Å²) in [5.74, 6) is -1.70.